The van der Waals surface area contributed by atoms with Crippen LogP contribution < -0.4 is 36.0 Å². The predicted molar refractivity (Wildman–Crippen MR) is 233 cm³/mol. The zero-order valence-electron chi connectivity index (χ0n) is 35.4. The van der Waals surface area contributed by atoms with Crippen molar-refractivity contribution in [2.75, 3.05) is 72.9 Å². The Bertz CT molecular complexity index is 2750. The van der Waals surface area contributed by atoms with Gasteiger partial charge in [-0.1, -0.05) is 0 Å². The summed E-state index contributed by atoms with van der Waals surface area (Å²) in [4.78, 5) is 58.3. The van der Waals surface area contributed by atoms with E-state index in [0.717, 1.165) is 75.2 Å². The number of benzene rings is 2. The highest BCUT2D eigenvalue weighted by Gasteiger charge is 2.45. The first-order valence-electron chi connectivity index (χ1n) is 21.6. The summed E-state index contributed by atoms with van der Waals surface area (Å²) in [7, 11) is 3.34. The molecule has 1 aliphatic carbocycles. The Morgan fingerprint density at radius 3 is 2.46 bits per heavy atom. The maximum absolute atomic E-state index is 15.8. The number of carbonyl (C=O) groups is 2. The number of anilines is 5. The number of hydrogen-bond acceptors (Lipinski definition) is 13. The first-order chi connectivity index (χ1) is 30.3. The fourth-order valence-corrected chi connectivity index (χ4v) is 9.28. The first kappa shape index (κ1) is 40.8. The lowest BCUT2D eigenvalue weighted by Crippen LogP contribution is -2.49. The third kappa shape index (κ3) is 7.80. The SMILES string of the molecule is Cc1cnc(N2CCC(CN3CCN(c4ccc5c(C6CCC(=O)NC6=O)nn(C)c5c4)CC3)CC2)nc1Nc1cc2c3c(c(=O)n(C)c2cc1F)OCC(F)(F)[C@@H](N=C1CC1)N3. The van der Waals surface area contributed by atoms with Crippen LogP contribution in [0.2, 0.25) is 0 Å². The fraction of sp³-hybridized carbons (Fsp3) is 0.477. The van der Waals surface area contributed by atoms with Crippen LogP contribution in [0.1, 0.15) is 55.7 Å². The Kier molecular flexibility index (Phi) is 10.3. The van der Waals surface area contributed by atoms with E-state index in [0.29, 0.717) is 65.7 Å². The number of fused-ring (bicyclic) bond motifs is 4. The molecule has 3 saturated heterocycles. The molecule has 63 heavy (non-hydrogen) atoms. The van der Waals surface area contributed by atoms with Crippen molar-refractivity contribution >= 4 is 68.2 Å². The van der Waals surface area contributed by atoms with Gasteiger partial charge >= 0.3 is 5.92 Å². The largest absolute Gasteiger partial charge is 0.480 e. The Morgan fingerprint density at radius 2 is 1.71 bits per heavy atom. The van der Waals surface area contributed by atoms with Crippen LogP contribution in [0.4, 0.5) is 42.0 Å². The van der Waals surface area contributed by atoms with Crippen LogP contribution in [-0.4, -0.2) is 111 Å². The number of hydrogen-bond donors (Lipinski definition) is 3. The minimum absolute atomic E-state index is 0.0410. The van der Waals surface area contributed by atoms with Crippen molar-refractivity contribution in [2.45, 2.75) is 63.5 Å². The molecular weight excluding hydrogens is 818 g/mol. The number of carbonyl (C=O) groups excluding carboxylic acids is 2. The molecule has 1 saturated carbocycles. The third-order valence-corrected chi connectivity index (χ3v) is 13.1. The van der Waals surface area contributed by atoms with Gasteiger partial charge in [-0.15, -0.1) is 0 Å². The molecular formula is C44H49F3N12O4. The lowest BCUT2D eigenvalue weighted by molar-refractivity contribution is -0.134. The number of halogens is 3. The van der Waals surface area contributed by atoms with Crippen molar-refractivity contribution in [1.82, 2.24) is 34.5 Å². The summed E-state index contributed by atoms with van der Waals surface area (Å²) in [5.41, 5.74) is 3.78. The molecule has 16 nitrogen and oxygen atoms in total. The number of piperazine rings is 1. The highest BCUT2D eigenvalue weighted by atomic mass is 19.3. The molecule has 330 valence electrons. The molecule has 0 spiro atoms. The molecule has 2 aromatic carbocycles. The number of aromatic nitrogens is 5. The van der Waals surface area contributed by atoms with Crippen molar-refractivity contribution in [3.8, 4) is 5.75 Å². The number of nitrogens with zero attached hydrogens (tertiary/aromatic N) is 9. The van der Waals surface area contributed by atoms with Gasteiger partial charge in [-0.05, 0) is 69.2 Å². The number of rotatable bonds is 8. The molecule has 5 aromatic rings. The quantitative estimate of drug-likeness (QED) is 0.180. The normalized spacial score (nSPS) is 21.8. The molecule has 4 aliphatic heterocycles. The van der Waals surface area contributed by atoms with Crippen LogP contribution in [-0.2, 0) is 23.7 Å². The van der Waals surface area contributed by atoms with Crippen molar-refractivity contribution in [3.05, 3.63) is 64.0 Å². The molecule has 2 amide bonds. The minimum atomic E-state index is -3.39. The maximum atomic E-state index is 15.8. The summed E-state index contributed by atoms with van der Waals surface area (Å²) >= 11 is 0. The average Bonchev–Trinajstić information content (AvgIpc) is 4.06. The fourth-order valence-electron chi connectivity index (χ4n) is 9.28. The van der Waals surface area contributed by atoms with E-state index in [1.165, 1.54) is 23.7 Å². The maximum Gasteiger partial charge on any atom is 0.320 e. The zero-order valence-corrected chi connectivity index (χ0v) is 35.4. The highest BCUT2D eigenvalue weighted by Crippen LogP contribution is 2.40. The Morgan fingerprint density at radius 1 is 0.937 bits per heavy atom. The van der Waals surface area contributed by atoms with E-state index in [1.54, 1.807) is 6.20 Å². The minimum Gasteiger partial charge on any atom is -0.480 e. The number of aliphatic imine (C=N–C) groups is 1. The molecule has 5 aliphatic rings. The molecule has 7 heterocycles. The molecule has 3 aromatic heterocycles. The smallest absolute Gasteiger partial charge is 0.320 e. The van der Waals surface area contributed by atoms with Gasteiger partial charge in [-0.3, -0.25) is 34.3 Å². The molecule has 0 radical (unpaired) electrons. The summed E-state index contributed by atoms with van der Waals surface area (Å²) in [6.45, 7) is 7.00. The van der Waals surface area contributed by atoms with Gasteiger partial charge in [-0.25, -0.2) is 9.37 Å². The second-order valence-electron chi connectivity index (χ2n) is 17.5. The monoisotopic (exact) mass is 866 g/mol. The average molecular weight is 867 g/mol. The van der Waals surface area contributed by atoms with Crippen LogP contribution in [0.3, 0.4) is 0 Å². The van der Waals surface area contributed by atoms with Crippen LogP contribution >= 0.6 is 0 Å². The number of nitrogens with one attached hydrogen (secondary N) is 3. The second-order valence-corrected chi connectivity index (χ2v) is 17.5. The second kappa shape index (κ2) is 15.8. The third-order valence-electron chi connectivity index (χ3n) is 13.1. The zero-order chi connectivity index (χ0) is 43.7. The van der Waals surface area contributed by atoms with E-state index in [9.17, 15) is 14.4 Å². The van der Waals surface area contributed by atoms with Gasteiger partial charge in [0.2, 0.25) is 23.5 Å². The Hall–Kier alpha value is -6.24. The van der Waals surface area contributed by atoms with Gasteiger partial charge in [-0.2, -0.15) is 18.9 Å². The van der Waals surface area contributed by atoms with E-state index in [-0.39, 0.29) is 34.5 Å². The molecule has 10 rings (SSSR count). The number of aryl methyl sites for hydroxylation is 3. The molecule has 0 bridgehead atoms. The lowest BCUT2D eigenvalue weighted by atomic mass is 9.93. The number of imide groups is 1. The van der Waals surface area contributed by atoms with E-state index >= 15 is 13.2 Å². The van der Waals surface area contributed by atoms with E-state index in [4.69, 9.17) is 14.8 Å². The molecule has 3 N–H and O–H groups in total. The van der Waals surface area contributed by atoms with Gasteiger partial charge in [0.15, 0.2) is 12.8 Å². The van der Waals surface area contributed by atoms with E-state index < -0.39 is 36.0 Å². The van der Waals surface area contributed by atoms with Crippen LogP contribution in [0.15, 0.2) is 46.3 Å². The summed E-state index contributed by atoms with van der Waals surface area (Å²) in [6.07, 6.45) is 4.06. The van der Waals surface area contributed by atoms with Crippen molar-refractivity contribution < 1.29 is 27.5 Å². The molecule has 2 atom stereocenters. The number of amides is 2. The van der Waals surface area contributed by atoms with Gasteiger partial charge in [0.05, 0.1) is 34.0 Å². The van der Waals surface area contributed by atoms with Crippen LogP contribution in [0, 0.1) is 18.7 Å². The molecule has 1 unspecified atom stereocenters. The van der Waals surface area contributed by atoms with Crippen molar-refractivity contribution in [3.63, 3.8) is 0 Å². The number of alkyl halides is 2. The molecule has 4 fully saturated rings. The van der Waals surface area contributed by atoms with Crippen LogP contribution in [0.25, 0.3) is 21.8 Å². The van der Waals surface area contributed by atoms with E-state index in [1.807, 2.05) is 18.7 Å². The molecule has 19 heteroatoms. The summed E-state index contributed by atoms with van der Waals surface area (Å²) < 4.78 is 54.6. The standard InChI is InChI=1S/C44H49F3N12O4/c1-24-21-48-43(53-39(24)50-32-19-30-33(20-31(32)45)55(2)41(62)38-37(30)52-42(49-26-4-5-26)44(46,47)23-63-38)59-12-10-25(11-13-59)22-57-14-16-58(17-15-57)27-6-7-28-34(18-27)56(3)54-36(28)29-8-9-35(60)51-40(29)61/h6-7,18-21,25,29,42,52H,4-5,8-17,22-23H2,1-3H3,(H,48,50,53)(H,51,60,61)/t29?,42-/m0/s1. The van der Waals surface area contributed by atoms with E-state index in [2.05, 4.69) is 58.8 Å². The van der Waals surface area contributed by atoms with Gasteiger partial charge in [0.1, 0.15) is 11.6 Å². The highest BCUT2D eigenvalue weighted by molar-refractivity contribution is 6.03. The predicted octanol–water partition coefficient (Wildman–Crippen LogP) is 4.97. The number of pyridine rings is 1. The summed E-state index contributed by atoms with van der Waals surface area (Å²) in [5.74, 6) is -3.82. The summed E-state index contributed by atoms with van der Waals surface area (Å²) in [5, 5.41) is 14.3. The first-order valence-corrected chi connectivity index (χ1v) is 21.6. The van der Waals surface area contributed by atoms with Gasteiger partial charge in [0, 0.05) is 106 Å². The lowest BCUT2D eigenvalue weighted by Gasteiger charge is -2.39. The van der Waals surface area contributed by atoms with Crippen molar-refractivity contribution in [1.29, 1.82) is 0 Å². The van der Waals surface area contributed by atoms with Crippen molar-refractivity contribution in [2.24, 2.45) is 25.0 Å². The Balaban J connectivity index is 0.777. The van der Waals surface area contributed by atoms with Crippen LogP contribution in [0.5, 0.6) is 5.75 Å². The number of ether oxygens (including phenoxy) is 1. The Labute approximate surface area is 360 Å². The van der Waals surface area contributed by atoms with Gasteiger partial charge < -0.3 is 29.7 Å². The van der Waals surface area contributed by atoms with Gasteiger partial charge in [0.25, 0.3) is 5.56 Å². The number of piperidine rings is 2. The summed E-state index contributed by atoms with van der Waals surface area (Å²) in [6, 6.07) is 8.99. The topological polar surface area (TPSA) is 167 Å².